The molecule has 1 heterocycles. The number of aromatic amines is 1. The van der Waals surface area contributed by atoms with Crippen molar-refractivity contribution in [1.82, 2.24) is 9.55 Å². The van der Waals surface area contributed by atoms with E-state index in [1.807, 2.05) is 0 Å². The van der Waals surface area contributed by atoms with Gasteiger partial charge in [0.25, 0.3) is 11.5 Å². The molecule has 0 unspecified atom stereocenters. The zero-order valence-corrected chi connectivity index (χ0v) is 12.4. The molecule has 0 saturated carbocycles. The first-order valence-electron chi connectivity index (χ1n) is 6.65. The third-order valence-corrected chi connectivity index (χ3v) is 3.54. The molecule has 0 aliphatic heterocycles. The van der Waals surface area contributed by atoms with E-state index in [0.717, 1.165) is 13.1 Å². The minimum absolute atomic E-state index is 0.214. The number of H-pyrrole nitrogens is 1. The van der Waals surface area contributed by atoms with E-state index < -0.39 is 28.7 Å². The molecule has 8 heteroatoms. The zero-order chi connectivity index (χ0) is 17.4. The summed E-state index contributed by atoms with van der Waals surface area (Å²) in [5.74, 6) is -4.55. The van der Waals surface area contributed by atoms with E-state index in [1.54, 1.807) is 0 Å². The summed E-state index contributed by atoms with van der Waals surface area (Å²) in [6, 6.07) is 4.17. The maximum Gasteiger partial charge on any atom is 0.342 e. The van der Waals surface area contributed by atoms with Crippen molar-refractivity contribution in [3.05, 3.63) is 67.5 Å². The molecule has 0 amide bonds. The van der Waals surface area contributed by atoms with Crippen LogP contribution in [0, 0.1) is 6.92 Å². The highest BCUT2D eigenvalue weighted by Gasteiger charge is 2.27. The zero-order valence-electron chi connectivity index (χ0n) is 12.4. The summed E-state index contributed by atoms with van der Waals surface area (Å²) in [6.45, 7) is 1.91. The van der Waals surface area contributed by atoms with Gasteiger partial charge < -0.3 is 10.1 Å². The van der Waals surface area contributed by atoms with Gasteiger partial charge in [-0.3, -0.25) is 9.36 Å². The Balaban J connectivity index is 2.58. The van der Waals surface area contributed by atoms with Crippen molar-refractivity contribution < 1.29 is 18.7 Å². The van der Waals surface area contributed by atoms with Gasteiger partial charge in [0, 0.05) is 18.7 Å². The van der Waals surface area contributed by atoms with Crippen molar-refractivity contribution in [2.45, 2.75) is 26.3 Å². The molecule has 6 nitrogen and oxygen atoms in total. The quantitative estimate of drug-likeness (QED) is 0.895. The van der Waals surface area contributed by atoms with Crippen LogP contribution in [0.25, 0.3) is 0 Å². The lowest BCUT2D eigenvalue weighted by Gasteiger charge is -2.17. The summed E-state index contributed by atoms with van der Waals surface area (Å²) in [7, 11) is 0. The van der Waals surface area contributed by atoms with E-state index in [9.17, 15) is 23.2 Å². The number of aromatic carboxylic acids is 1. The van der Waals surface area contributed by atoms with Crippen LogP contribution >= 0.6 is 0 Å². The number of nitrogens with zero attached hydrogens (tertiary/aromatic N) is 1. The summed E-state index contributed by atoms with van der Waals surface area (Å²) < 4.78 is 27.8. The van der Waals surface area contributed by atoms with E-state index in [4.69, 9.17) is 5.11 Å². The van der Waals surface area contributed by atoms with Gasteiger partial charge in [0.15, 0.2) is 0 Å². The maximum absolute atomic E-state index is 13.5. The number of rotatable bonds is 4. The number of benzene rings is 1. The predicted octanol–water partition coefficient (Wildman–Crippen LogP) is 1.70. The number of carboxylic acid groups (broad SMARTS) is 1. The van der Waals surface area contributed by atoms with Crippen molar-refractivity contribution in [3.63, 3.8) is 0 Å². The largest absolute Gasteiger partial charge is 0.477 e. The molecule has 122 valence electrons. The summed E-state index contributed by atoms with van der Waals surface area (Å²) in [5, 5.41) is 8.92. The fourth-order valence-corrected chi connectivity index (χ4v) is 2.31. The lowest BCUT2D eigenvalue weighted by molar-refractivity contribution is 0.0167. The van der Waals surface area contributed by atoms with Crippen LogP contribution < -0.4 is 11.2 Å². The van der Waals surface area contributed by atoms with Gasteiger partial charge in [-0.15, -0.1) is 0 Å². The van der Waals surface area contributed by atoms with E-state index in [0.29, 0.717) is 10.1 Å². The standard InChI is InChI=1S/C15H14F2N2O4/c1-8-9(4-3-5-11(8)15(2,16)17)7-19-12(20)10(13(21)22)6-18-14(19)23/h3-6H,7H2,1-2H3,(H,18,23)(H,21,22). The first kappa shape index (κ1) is 16.6. The number of carboxylic acids is 1. The van der Waals surface area contributed by atoms with Gasteiger partial charge in [-0.1, -0.05) is 18.2 Å². The highest BCUT2D eigenvalue weighted by atomic mass is 19.3. The molecule has 0 fully saturated rings. The van der Waals surface area contributed by atoms with Crippen LogP contribution in [0.1, 0.15) is 34.0 Å². The average Bonchev–Trinajstić information content (AvgIpc) is 2.43. The van der Waals surface area contributed by atoms with E-state index in [1.165, 1.54) is 25.1 Å². The molecule has 2 N–H and O–H groups in total. The van der Waals surface area contributed by atoms with Gasteiger partial charge in [-0.2, -0.15) is 0 Å². The molecular weight excluding hydrogens is 310 g/mol. The Morgan fingerprint density at radius 3 is 2.57 bits per heavy atom. The maximum atomic E-state index is 13.5. The highest BCUT2D eigenvalue weighted by Crippen LogP contribution is 2.31. The third kappa shape index (κ3) is 3.20. The molecule has 0 atom stereocenters. The first-order valence-corrected chi connectivity index (χ1v) is 6.65. The Bertz CT molecular complexity index is 878. The lowest BCUT2D eigenvalue weighted by Crippen LogP contribution is -2.38. The molecule has 0 bridgehead atoms. The van der Waals surface area contributed by atoms with Crippen molar-refractivity contribution in [1.29, 1.82) is 0 Å². The molecule has 0 aliphatic rings. The summed E-state index contributed by atoms with van der Waals surface area (Å²) in [4.78, 5) is 36.9. The van der Waals surface area contributed by atoms with Crippen LogP contribution in [0.2, 0.25) is 0 Å². The molecule has 1 aromatic heterocycles. The third-order valence-electron chi connectivity index (χ3n) is 3.54. The van der Waals surface area contributed by atoms with Gasteiger partial charge in [0.2, 0.25) is 0 Å². The summed E-state index contributed by atoms with van der Waals surface area (Å²) in [6.07, 6.45) is 0.812. The van der Waals surface area contributed by atoms with Gasteiger partial charge in [-0.05, 0) is 18.1 Å². The summed E-state index contributed by atoms with van der Waals surface area (Å²) in [5.41, 5.74) is -2.04. The van der Waals surface area contributed by atoms with Crippen molar-refractivity contribution in [2.24, 2.45) is 0 Å². The number of hydrogen-bond donors (Lipinski definition) is 2. The normalized spacial score (nSPS) is 11.5. The summed E-state index contributed by atoms with van der Waals surface area (Å²) >= 11 is 0. The number of aromatic nitrogens is 2. The Morgan fingerprint density at radius 1 is 1.35 bits per heavy atom. The first-order chi connectivity index (χ1) is 10.6. The molecule has 0 radical (unpaired) electrons. The fraction of sp³-hybridized carbons (Fsp3) is 0.267. The van der Waals surface area contributed by atoms with Crippen LogP contribution in [0.5, 0.6) is 0 Å². The number of nitrogens with one attached hydrogen (secondary N) is 1. The average molecular weight is 324 g/mol. The van der Waals surface area contributed by atoms with Gasteiger partial charge in [-0.25, -0.2) is 18.4 Å². The fourth-order valence-electron chi connectivity index (χ4n) is 2.31. The molecular formula is C15H14F2N2O4. The number of halogens is 2. The van der Waals surface area contributed by atoms with Crippen LogP contribution in [0.4, 0.5) is 8.78 Å². The van der Waals surface area contributed by atoms with Crippen molar-refractivity contribution in [2.75, 3.05) is 0 Å². The lowest BCUT2D eigenvalue weighted by atomic mass is 9.98. The predicted molar refractivity (Wildman–Crippen MR) is 78.1 cm³/mol. The van der Waals surface area contributed by atoms with E-state index in [-0.39, 0.29) is 17.7 Å². The Hall–Kier alpha value is -2.77. The van der Waals surface area contributed by atoms with Gasteiger partial charge >= 0.3 is 11.7 Å². The molecule has 0 saturated heterocycles. The Labute approximate surface area is 129 Å². The van der Waals surface area contributed by atoms with Gasteiger partial charge in [0.05, 0.1) is 6.54 Å². The number of alkyl halides is 2. The number of hydrogen-bond acceptors (Lipinski definition) is 3. The second kappa shape index (κ2) is 5.79. The Morgan fingerprint density at radius 2 is 2.00 bits per heavy atom. The molecule has 2 aromatic rings. The molecule has 0 spiro atoms. The van der Waals surface area contributed by atoms with Gasteiger partial charge in [0.1, 0.15) is 5.56 Å². The second-order valence-corrected chi connectivity index (χ2v) is 5.18. The Kier molecular flexibility index (Phi) is 4.18. The monoisotopic (exact) mass is 324 g/mol. The van der Waals surface area contributed by atoms with Crippen molar-refractivity contribution >= 4 is 5.97 Å². The molecule has 0 aliphatic carbocycles. The minimum Gasteiger partial charge on any atom is -0.477 e. The van der Waals surface area contributed by atoms with Crippen LogP contribution in [0.3, 0.4) is 0 Å². The van der Waals surface area contributed by atoms with Crippen LogP contribution in [-0.4, -0.2) is 20.6 Å². The molecule has 1 aromatic carbocycles. The molecule has 2 rings (SSSR count). The second-order valence-electron chi connectivity index (χ2n) is 5.18. The molecule has 23 heavy (non-hydrogen) atoms. The minimum atomic E-state index is -3.07. The SMILES string of the molecule is Cc1c(Cn2c(=O)[nH]cc(C(=O)O)c2=O)cccc1C(C)(F)F. The van der Waals surface area contributed by atoms with Crippen LogP contribution in [0.15, 0.2) is 34.0 Å². The van der Waals surface area contributed by atoms with E-state index >= 15 is 0 Å². The number of carbonyl (C=O) groups is 1. The topological polar surface area (TPSA) is 92.2 Å². The highest BCUT2D eigenvalue weighted by molar-refractivity contribution is 5.86. The smallest absolute Gasteiger partial charge is 0.342 e. The van der Waals surface area contributed by atoms with E-state index in [2.05, 4.69) is 4.98 Å². The van der Waals surface area contributed by atoms with Crippen molar-refractivity contribution in [3.8, 4) is 0 Å². The van der Waals surface area contributed by atoms with Crippen LogP contribution in [-0.2, 0) is 12.5 Å².